The molecule has 0 spiro atoms. The van der Waals surface area contributed by atoms with Gasteiger partial charge in [-0.3, -0.25) is 0 Å². The third-order valence-electron chi connectivity index (χ3n) is 4.71. The maximum Gasteiger partial charge on any atom is 0.318 e. The number of nitrogens with zero attached hydrogens (tertiary/aromatic N) is 1. The second-order valence-electron chi connectivity index (χ2n) is 7.58. The molecule has 20 heavy (non-hydrogen) atoms. The summed E-state index contributed by atoms with van der Waals surface area (Å²) in [5.74, 6) is 0. The first-order chi connectivity index (χ1) is 9.10. The van der Waals surface area contributed by atoms with E-state index in [4.69, 9.17) is 4.74 Å². The second kappa shape index (κ2) is 4.88. The van der Waals surface area contributed by atoms with Gasteiger partial charge in [-0.1, -0.05) is 0 Å². The molecule has 2 N–H and O–H groups in total. The van der Waals surface area contributed by atoms with Crippen molar-refractivity contribution in [3.8, 4) is 0 Å². The highest BCUT2D eigenvalue weighted by Crippen LogP contribution is 2.37. The van der Waals surface area contributed by atoms with Crippen molar-refractivity contribution in [3.63, 3.8) is 0 Å². The summed E-state index contributed by atoms with van der Waals surface area (Å²) in [5.41, 5.74) is -1.01. The molecule has 0 bridgehead atoms. The van der Waals surface area contributed by atoms with Crippen LogP contribution in [0.1, 0.15) is 53.9 Å². The fraction of sp³-hybridized carbons (Fsp3) is 0.933. The Morgan fingerprint density at radius 3 is 2.50 bits per heavy atom. The van der Waals surface area contributed by atoms with Crippen LogP contribution in [0.15, 0.2) is 0 Å². The molecule has 5 heteroatoms. The van der Waals surface area contributed by atoms with E-state index in [1.165, 1.54) is 0 Å². The fourth-order valence-electron chi connectivity index (χ4n) is 3.55. The number of carbonyl (C=O) groups is 1. The summed E-state index contributed by atoms with van der Waals surface area (Å²) in [6.07, 6.45) is 2.60. The number of hydrogen-bond donors (Lipinski definition) is 2. The Labute approximate surface area is 121 Å². The Hall–Kier alpha value is -0.810. The van der Waals surface area contributed by atoms with E-state index in [-0.39, 0.29) is 29.9 Å². The lowest BCUT2D eigenvalue weighted by Gasteiger charge is -2.36. The third-order valence-corrected chi connectivity index (χ3v) is 4.71. The molecule has 116 valence electrons. The lowest BCUT2D eigenvalue weighted by atomic mass is 9.94. The van der Waals surface area contributed by atoms with Crippen LogP contribution in [0.25, 0.3) is 0 Å². The van der Waals surface area contributed by atoms with E-state index in [2.05, 4.69) is 19.2 Å². The van der Waals surface area contributed by atoms with Crippen molar-refractivity contribution in [2.45, 2.75) is 76.7 Å². The van der Waals surface area contributed by atoms with Crippen LogP contribution in [0, 0.1) is 0 Å². The van der Waals surface area contributed by atoms with Crippen LogP contribution in [-0.2, 0) is 4.74 Å². The molecule has 5 nitrogen and oxygen atoms in total. The van der Waals surface area contributed by atoms with Crippen LogP contribution < -0.4 is 5.32 Å². The fourth-order valence-corrected chi connectivity index (χ4v) is 3.55. The van der Waals surface area contributed by atoms with Crippen LogP contribution in [-0.4, -0.2) is 52.0 Å². The van der Waals surface area contributed by atoms with Gasteiger partial charge in [0, 0.05) is 6.54 Å². The number of aliphatic hydroxyl groups is 1. The summed E-state index contributed by atoms with van der Waals surface area (Å²) < 4.78 is 6.01. The van der Waals surface area contributed by atoms with E-state index < -0.39 is 5.54 Å². The largest absolute Gasteiger partial charge is 0.394 e. The SMILES string of the molecule is CC1(C)C[C@H](NC(=O)N2CCC[C@]2(C)CO)C(C)(C)O1. The third kappa shape index (κ3) is 2.79. The molecule has 2 saturated heterocycles. The van der Waals surface area contributed by atoms with Gasteiger partial charge in [-0.05, 0) is 53.9 Å². The van der Waals surface area contributed by atoms with E-state index in [1.807, 2.05) is 20.8 Å². The first-order valence-corrected chi connectivity index (χ1v) is 7.49. The zero-order chi connectivity index (χ0) is 15.2. The van der Waals surface area contributed by atoms with Gasteiger partial charge in [0.05, 0.1) is 29.4 Å². The number of carbonyl (C=O) groups excluding carboxylic acids is 1. The van der Waals surface area contributed by atoms with Crippen molar-refractivity contribution in [2.24, 2.45) is 0 Å². The summed E-state index contributed by atoms with van der Waals surface area (Å²) in [7, 11) is 0. The van der Waals surface area contributed by atoms with Gasteiger partial charge in [-0.25, -0.2) is 4.79 Å². The smallest absolute Gasteiger partial charge is 0.318 e. The standard InChI is InChI=1S/C15H28N2O3/c1-13(2)9-11(14(3,4)20-13)16-12(19)17-8-6-7-15(17,5)10-18/h11,18H,6-10H2,1-5H3,(H,16,19)/t11-,15+/m0/s1. The Morgan fingerprint density at radius 2 is 2.00 bits per heavy atom. The Kier molecular flexibility index (Phi) is 3.80. The van der Waals surface area contributed by atoms with Crippen LogP contribution in [0.2, 0.25) is 0 Å². The number of likely N-dealkylation sites (tertiary alicyclic amines) is 1. The number of aliphatic hydroxyl groups excluding tert-OH is 1. The van der Waals surface area contributed by atoms with Gasteiger partial charge in [-0.15, -0.1) is 0 Å². The minimum absolute atomic E-state index is 0.00598. The second-order valence-corrected chi connectivity index (χ2v) is 7.58. The minimum Gasteiger partial charge on any atom is -0.394 e. The van der Waals surface area contributed by atoms with Crippen LogP contribution >= 0.6 is 0 Å². The maximum absolute atomic E-state index is 12.5. The number of nitrogens with one attached hydrogen (secondary N) is 1. The average molecular weight is 284 g/mol. The predicted octanol–water partition coefficient (Wildman–Crippen LogP) is 1.89. The van der Waals surface area contributed by atoms with Gasteiger partial charge >= 0.3 is 6.03 Å². The Balaban J connectivity index is 2.05. The topological polar surface area (TPSA) is 61.8 Å². The van der Waals surface area contributed by atoms with Crippen molar-refractivity contribution in [2.75, 3.05) is 13.2 Å². The van der Waals surface area contributed by atoms with E-state index >= 15 is 0 Å². The van der Waals surface area contributed by atoms with Crippen molar-refractivity contribution in [1.82, 2.24) is 10.2 Å². The average Bonchev–Trinajstić information content (AvgIpc) is 2.77. The first kappa shape index (κ1) is 15.6. The normalized spacial score (nSPS) is 35.3. The van der Waals surface area contributed by atoms with E-state index in [0.29, 0.717) is 6.54 Å². The lowest BCUT2D eigenvalue weighted by molar-refractivity contribution is -0.0694. The highest BCUT2D eigenvalue weighted by molar-refractivity contribution is 5.76. The van der Waals surface area contributed by atoms with Crippen LogP contribution in [0.4, 0.5) is 4.79 Å². The number of hydrogen-bond acceptors (Lipinski definition) is 3. The van der Waals surface area contributed by atoms with E-state index in [9.17, 15) is 9.90 Å². The summed E-state index contributed by atoms with van der Waals surface area (Å²) in [6.45, 7) is 10.8. The molecule has 2 aliphatic rings. The van der Waals surface area contributed by atoms with Gasteiger partial charge in [0.15, 0.2) is 0 Å². The number of rotatable bonds is 2. The molecule has 2 fully saturated rings. The first-order valence-electron chi connectivity index (χ1n) is 7.49. The van der Waals surface area contributed by atoms with Gasteiger partial charge in [0.1, 0.15) is 0 Å². The number of amides is 2. The van der Waals surface area contributed by atoms with Gasteiger partial charge in [0.25, 0.3) is 0 Å². The molecule has 2 amide bonds. The number of ether oxygens (including phenoxy) is 1. The number of urea groups is 1. The molecule has 0 saturated carbocycles. The van der Waals surface area contributed by atoms with Crippen molar-refractivity contribution in [1.29, 1.82) is 0 Å². The highest BCUT2D eigenvalue weighted by atomic mass is 16.5. The highest BCUT2D eigenvalue weighted by Gasteiger charge is 2.48. The molecule has 0 aromatic rings. The molecule has 2 rings (SSSR count). The molecule has 0 aromatic heterocycles. The summed E-state index contributed by atoms with van der Waals surface area (Å²) in [6, 6.07) is -0.0908. The molecule has 2 aliphatic heterocycles. The molecule has 0 aliphatic carbocycles. The van der Waals surface area contributed by atoms with Gasteiger partial charge < -0.3 is 20.1 Å². The van der Waals surface area contributed by atoms with Crippen molar-refractivity contribution < 1.29 is 14.6 Å². The summed E-state index contributed by atoms with van der Waals surface area (Å²) >= 11 is 0. The van der Waals surface area contributed by atoms with Crippen molar-refractivity contribution >= 4 is 6.03 Å². The Morgan fingerprint density at radius 1 is 1.35 bits per heavy atom. The summed E-state index contributed by atoms with van der Waals surface area (Å²) in [5, 5.41) is 12.7. The molecule has 0 aromatic carbocycles. The minimum atomic E-state index is -0.427. The zero-order valence-electron chi connectivity index (χ0n) is 13.3. The zero-order valence-corrected chi connectivity index (χ0v) is 13.3. The molecule has 2 atom stereocenters. The van der Waals surface area contributed by atoms with E-state index in [1.54, 1.807) is 4.90 Å². The molecule has 0 radical (unpaired) electrons. The molecular formula is C15H28N2O3. The summed E-state index contributed by atoms with van der Waals surface area (Å²) in [4.78, 5) is 14.3. The van der Waals surface area contributed by atoms with Crippen molar-refractivity contribution in [3.05, 3.63) is 0 Å². The maximum atomic E-state index is 12.5. The van der Waals surface area contributed by atoms with Gasteiger partial charge in [0.2, 0.25) is 0 Å². The predicted molar refractivity (Wildman–Crippen MR) is 77.6 cm³/mol. The molecule has 2 heterocycles. The van der Waals surface area contributed by atoms with Gasteiger partial charge in [-0.2, -0.15) is 0 Å². The van der Waals surface area contributed by atoms with Crippen LogP contribution in [0.5, 0.6) is 0 Å². The monoisotopic (exact) mass is 284 g/mol. The van der Waals surface area contributed by atoms with E-state index in [0.717, 1.165) is 19.3 Å². The molecular weight excluding hydrogens is 256 g/mol. The Bertz CT molecular complexity index is 395. The quantitative estimate of drug-likeness (QED) is 0.814. The molecule has 0 unspecified atom stereocenters. The lowest BCUT2D eigenvalue weighted by Crippen LogP contribution is -2.56. The van der Waals surface area contributed by atoms with Crippen LogP contribution in [0.3, 0.4) is 0 Å².